The van der Waals surface area contributed by atoms with Gasteiger partial charge in [0.1, 0.15) is 17.8 Å². The number of nitrogens with zero attached hydrogens (tertiary/aromatic N) is 6. The second kappa shape index (κ2) is 27.2. The molecular formula is C46H40Cl2F12N8O11. The summed E-state index contributed by atoms with van der Waals surface area (Å²) in [7, 11) is 0. The van der Waals surface area contributed by atoms with Crippen molar-refractivity contribution >= 4 is 47.0 Å². The first kappa shape index (κ1) is 63.8. The highest BCUT2D eigenvalue weighted by atomic mass is 35.5. The van der Waals surface area contributed by atoms with Crippen molar-refractivity contribution in [1.82, 2.24) is 35.6 Å². The van der Waals surface area contributed by atoms with Gasteiger partial charge in [-0.3, -0.25) is 4.79 Å². The molecule has 0 aliphatic rings. The van der Waals surface area contributed by atoms with Gasteiger partial charge in [-0.25, -0.2) is 23.2 Å². The molecule has 0 saturated heterocycles. The predicted molar refractivity (Wildman–Crippen MR) is 247 cm³/mol. The summed E-state index contributed by atoms with van der Waals surface area (Å²) in [5.74, 6) is -17.1. The number of amides is 1. The molecule has 8 N–H and O–H groups in total. The summed E-state index contributed by atoms with van der Waals surface area (Å²) < 4.78 is 161. The highest BCUT2D eigenvalue weighted by Crippen LogP contribution is 2.37. The number of hydrogen-bond acceptors (Lipinski definition) is 15. The minimum Gasteiger partial charge on any atom is -0.476 e. The second-order valence-corrected chi connectivity index (χ2v) is 17.3. The predicted octanol–water partition coefficient (Wildman–Crippen LogP) is 7.53. The van der Waals surface area contributed by atoms with Crippen molar-refractivity contribution in [2.45, 2.75) is 74.2 Å². The molecule has 2 heterocycles. The van der Waals surface area contributed by atoms with Crippen LogP contribution in [-0.2, 0) is 31.9 Å². The lowest BCUT2D eigenvalue weighted by Gasteiger charge is -2.23. The molecule has 33 heteroatoms. The molecule has 1 amide bonds. The van der Waals surface area contributed by atoms with Gasteiger partial charge >= 0.3 is 42.1 Å². The van der Waals surface area contributed by atoms with E-state index < -0.39 is 110 Å². The molecule has 0 bridgehead atoms. The van der Waals surface area contributed by atoms with Crippen LogP contribution in [0, 0.1) is 11.6 Å². The number of aromatic carboxylic acids is 1. The third kappa shape index (κ3) is 19.3. The number of nitrogens with one attached hydrogen (secondary N) is 1. The van der Waals surface area contributed by atoms with Gasteiger partial charge in [0.15, 0.2) is 36.8 Å². The van der Waals surface area contributed by atoms with Crippen LogP contribution in [0.15, 0.2) is 97.3 Å². The van der Waals surface area contributed by atoms with Gasteiger partial charge in [-0.05, 0) is 88.3 Å². The number of alkyl halides is 10. The largest absolute Gasteiger partial charge is 0.476 e. The molecule has 4 aromatic carbocycles. The molecule has 0 spiro atoms. The van der Waals surface area contributed by atoms with Crippen LogP contribution in [0.5, 0.6) is 0 Å². The summed E-state index contributed by atoms with van der Waals surface area (Å²) in [6.45, 7) is -4.58. The first-order valence-electron chi connectivity index (χ1n) is 21.9. The molecule has 19 nitrogen and oxygen atoms in total. The Kier molecular flexibility index (Phi) is 22.0. The van der Waals surface area contributed by atoms with Crippen molar-refractivity contribution in [1.29, 1.82) is 0 Å². The molecule has 428 valence electrons. The molecule has 0 fully saturated rings. The van der Waals surface area contributed by atoms with Crippen LogP contribution in [0.4, 0.5) is 52.7 Å². The summed E-state index contributed by atoms with van der Waals surface area (Å²) in [5, 5.41) is 61.2. The number of rotatable bonds is 19. The van der Waals surface area contributed by atoms with Crippen molar-refractivity contribution in [2.75, 3.05) is 13.2 Å². The van der Waals surface area contributed by atoms with Crippen LogP contribution in [0.1, 0.15) is 44.9 Å². The molecule has 6 rings (SSSR count). The number of halogens is 14. The van der Waals surface area contributed by atoms with Gasteiger partial charge in [-0.1, -0.05) is 81.4 Å². The number of carboxylic acids is 1. The maximum atomic E-state index is 14.2. The van der Waals surface area contributed by atoms with Gasteiger partial charge in [-0.15, -0.1) is 10.2 Å². The molecule has 0 radical (unpaired) electrons. The number of esters is 2. The number of carboxylic acid groups (broad SMARTS) is 1. The zero-order valence-corrected chi connectivity index (χ0v) is 41.0. The molecule has 2 aromatic heterocycles. The third-order valence-corrected chi connectivity index (χ3v) is 10.8. The number of aromatic nitrogens is 6. The molecule has 0 aliphatic heterocycles. The maximum Gasteiger partial charge on any atom is 0.456 e. The number of carbonyl (C=O) groups is 4. The number of nitrogens with two attached hydrogens (primary N) is 1. The van der Waals surface area contributed by atoms with E-state index >= 15 is 0 Å². The lowest BCUT2D eigenvalue weighted by molar-refractivity contribution is -0.294. The molecule has 0 unspecified atom stereocenters. The SMILES string of the molecule is N[C@H](Cc1ccc(-c2cc(Cl)ccc2F)cc1)C[C@@H](O)C(=O)OCC(F)(F)C(F)(F)F.O=C(N[C@H](Cc1ccc(-c2cc(Cl)ccc2F)cc1)C[C@@H](O)C(=O)OCC(F)(F)C(F)(F)F)c1cn(O)nn1.O=C(O)c1cn(O)nn1. The zero-order chi connectivity index (χ0) is 59.2. The summed E-state index contributed by atoms with van der Waals surface area (Å²) in [5.41, 5.74) is 7.81. The number of benzene rings is 4. The Hall–Kier alpha value is -7.74. The quantitative estimate of drug-likeness (QED) is 0.0234. The average Bonchev–Trinajstić information content (AvgIpc) is 4.05. The van der Waals surface area contributed by atoms with E-state index in [2.05, 4.69) is 35.4 Å². The van der Waals surface area contributed by atoms with Crippen molar-refractivity contribution in [3.8, 4) is 22.3 Å². The Morgan fingerprint density at radius 1 is 0.608 bits per heavy atom. The van der Waals surface area contributed by atoms with Crippen molar-refractivity contribution in [3.05, 3.63) is 142 Å². The number of carbonyl (C=O) groups excluding carboxylic acids is 3. The number of aliphatic hydroxyl groups is 2. The minimum atomic E-state index is -5.97. The molecular weight excluding hydrogens is 1140 g/mol. The van der Waals surface area contributed by atoms with Crippen LogP contribution in [-0.4, -0.2) is 142 Å². The Bertz CT molecular complexity index is 3030. The zero-order valence-electron chi connectivity index (χ0n) is 39.5. The minimum absolute atomic E-state index is 0.0969. The van der Waals surface area contributed by atoms with Gasteiger partial charge in [0.05, 0.1) is 6.20 Å². The van der Waals surface area contributed by atoms with E-state index in [-0.39, 0.29) is 40.2 Å². The molecule has 0 aliphatic carbocycles. The topological polar surface area (TPSA) is 287 Å². The summed E-state index contributed by atoms with van der Waals surface area (Å²) in [6, 6.07) is 18.7. The summed E-state index contributed by atoms with van der Waals surface area (Å²) >= 11 is 11.8. The molecule has 79 heavy (non-hydrogen) atoms. The van der Waals surface area contributed by atoms with Crippen LogP contribution < -0.4 is 11.1 Å². The van der Waals surface area contributed by atoms with E-state index in [1.807, 2.05) is 0 Å². The number of aliphatic hydroxyl groups excluding tert-OH is 2. The van der Waals surface area contributed by atoms with Gasteiger partial charge in [0, 0.05) is 39.7 Å². The Labute approximate surface area is 445 Å². The molecule has 6 aromatic rings. The van der Waals surface area contributed by atoms with Crippen molar-refractivity contribution in [2.24, 2.45) is 5.73 Å². The van der Waals surface area contributed by atoms with E-state index in [1.54, 1.807) is 24.3 Å². The van der Waals surface area contributed by atoms with Crippen LogP contribution in [0.25, 0.3) is 22.3 Å². The fourth-order valence-electron chi connectivity index (χ4n) is 6.34. The van der Waals surface area contributed by atoms with E-state index in [4.69, 9.17) is 39.2 Å². The van der Waals surface area contributed by atoms with Crippen LogP contribution in [0.2, 0.25) is 10.0 Å². The second-order valence-electron chi connectivity index (χ2n) is 16.5. The first-order valence-corrected chi connectivity index (χ1v) is 22.6. The van der Waals surface area contributed by atoms with Crippen LogP contribution in [0.3, 0.4) is 0 Å². The Morgan fingerprint density at radius 2 is 1.00 bits per heavy atom. The van der Waals surface area contributed by atoms with Crippen LogP contribution >= 0.6 is 23.2 Å². The van der Waals surface area contributed by atoms with Gasteiger partial charge < -0.3 is 46.3 Å². The summed E-state index contributed by atoms with van der Waals surface area (Å²) in [4.78, 5) is 46.5. The van der Waals surface area contributed by atoms with E-state index in [1.165, 1.54) is 60.7 Å². The number of hydrogen-bond donors (Lipinski definition) is 7. The fraction of sp³-hybridized carbons (Fsp3) is 0.304. The highest BCUT2D eigenvalue weighted by Gasteiger charge is 2.59. The fourth-order valence-corrected chi connectivity index (χ4v) is 6.69. The lowest BCUT2D eigenvalue weighted by atomic mass is 9.97. The monoisotopic (exact) mass is 1180 g/mol. The third-order valence-electron chi connectivity index (χ3n) is 10.3. The Balaban J connectivity index is 0.000000299. The standard InChI is InChI=1S/C23H19ClF6N4O5.C20H18ClF6NO3.C3H3N3O3/c24-14-5-6-17(25)16(8-14)13-3-1-12(2-4-13)7-15(31-20(36)18-10-34(38)33-32-18)9-19(35)21(37)39-11-22(26,27)23(28,29)30;21-13-5-6-16(22)15(8-13)12-3-1-11(2-4-12)7-14(28)9-17(29)18(30)31-10-19(23,24)20(25,26)27;7-3(8)2-1-6(9)5-4-2/h1-6,8,10,15,19,35,38H,7,9,11H2,(H,31,36);1-6,8,14,17,29H,7,9-10,28H2;1,9H,(H,7,8)/t15-,19-;14-,17-;/m11./s1. The van der Waals surface area contributed by atoms with Crippen molar-refractivity contribution in [3.63, 3.8) is 0 Å². The maximum absolute atomic E-state index is 14.2. The highest BCUT2D eigenvalue weighted by molar-refractivity contribution is 6.31. The van der Waals surface area contributed by atoms with E-state index in [9.17, 15) is 87.3 Å². The van der Waals surface area contributed by atoms with E-state index in [0.29, 0.717) is 37.1 Å². The average molecular weight is 1180 g/mol. The van der Waals surface area contributed by atoms with Gasteiger partial charge in [0.2, 0.25) is 0 Å². The van der Waals surface area contributed by atoms with Gasteiger partial charge in [0.25, 0.3) is 5.91 Å². The normalized spacial score (nSPS) is 13.3. The number of ether oxygens (including phenoxy) is 2. The first-order chi connectivity index (χ1) is 36.7. The van der Waals surface area contributed by atoms with Crippen molar-refractivity contribution < 1.29 is 107 Å². The lowest BCUT2D eigenvalue weighted by Crippen LogP contribution is -2.44. The van der Waals surface area contributed by atoms with E-state index in [0.717, 1.165) is 12.4 Å². The van der Waals surface area contributed by atoms with Gasteiger partial charge in [-0.2, -0.15) is 43.9 Å². The smallest absolute Gasteiger partial charge is 0.456 e. The Morgan fingerprint density at radius 3 is 1.37 bits per heavy atom. The molecule has 4 atom stereocenters. The molecule has 0 saturated carbocycles. The summed E-state index contributed by atoms with van der Waals surface area (Å²) in [6.07, 6.45) is -15.4.